The van der Waals surface area contributed by atoms with E-state index in [9.17, 15) is 9.59 Å². The Kier molecular flexibility index (Phi) is 8.40. The van der Waals surface area contributed by atoms with Crippen LogP contribution in [0.25, 0.3) is 0 Å². The third-order valence-electron chi connectivity index (χ3n) is 4.96. The highest BCUT2D eigenvalue weighted by atomic mass is 32.2. The molecule has 0 aromatic heterocycles. The molecular formula is C21H30N2O3S2. The zero-order valence-electron chi connectivity index (χ0n) is 16.5. The fraction of sp³-hybridized carbons (Fsp3) is 0.619. The number of ether oxygens (including phenoxy) is 1. The molecule has 1 N–H and O–H groups in total. The Morgan fingerprint density at radius 3 is 2.64 bits per heavy atom. The molecule has 154 valence electrons. The summed E-state index contributed by atoms with van der Waals surface area (Å²) in [5.74, 6) is 3.23. The maximum Gasteiger partial charge on any atom is 0.260 e. The Bertz CT molecular complexity index is 648. The molecule has 2 aliphatic rings. The molecule has 1 aromatic carbocycles. The summed E-state index contributed by atoms with van der Waals surface area (Å²) in [6, 6.07) is 8.19. The van der Waals surface area contributed by atoms with Crippen LogP contribution in [-0.4, -0.2) is 54.0 Å². The van der Waals surface area contributed by atoms with Gasteiger partial charge in [0.1, 0.15) is 5.75 Å². The Hall–Kier alpha value is -1.34. The highest BCUT2D eigenvalue weighted by Gasteiger charge is 2.25. The van der Waals surface area contributed by atoms with Crippen LogP contribution in [0.2, 0.25) is 0 Å². The Balaban J connectivity index is 1.44. The number of benzene rings is 1. The molecule has 5 nitrogen and oxygen atoms in total. The van der Waals surface area contributed by atoms with Crippen LogP contribution >= 0.6 is 23.5 Å². The van der Waals surface area contributed by atoms with Crippen LogP contribution in [-0.2, 0) is 9.59 Å². The van der Waals surface area contributed by atoms with Crippen LogP contribution in [0.3, 0.4) is 0 Å². The summed E-state index contributed by atoms with van der Waals surface area (Å²) < 4.78 is 6.24. The molecule has 0 radical (unpaired) electrons. The predicted molar refractivity (Wildman–Crippen MR) is 117 cm³/mol. The molecule has 1 aromatic rings. The largest absolute Gasteiger partial charge is 0.484 e. The minimum atomic E-state index is -0.0168. The molecule has 7 heteroatoms. The summed E-state index contributed by atoms with van der Waals surface area (Å²) in [5.41, 5.74) is 1.31. The lowest BCUT2D eigenvalue weighted by atomic mass is 10.1. The van der Waals surface area contributed by atoms with Crippen LogP contribution in [0, 0.1) is 0 Å². The van der Waals surface area contributed by atoms with Gasteiger partial charge in [-0.05, 0) is 54.9 Å². The monoisotopic (exact) mass is 422 g/mol. The van der Waals surface area contributed by atoms with Gasteiger partial charge in [0.05, 0.1) is 4.58 Å². The summed E-state index contributed by atoms with van der Waals surface area (Å²) in [6.07, 6.45) is 4.51. The van der Waals surface area contributed by atoms with Crippen LogP contribution in [0.4, 0.5) is 0 Å². The molecule has 0 aliphatic carbocycles. The second-order valence-corrected chi connectivity index (χ2v) is 10.0. The van der Waals surface area contributed by atoms with Gasteiger partial charge in [-0.2, -0.15) is 0 Å². The topological polar surface area (TPSA) is 58.6 Å². The molecular weight excluding hydrogens is 392 g/mol. The van der Waals surface area contributed by atoms with E-state index in [1.807, 2.05) is 47.5 Å². The number of piperidine rings is 1. The Morgan fingerprint density at radius 2 is 1.93 bits per heavy atom. The number of hydrogen-bond donors (Lipinski definition) is 1. The number of hydrogen-bond acceptors (Lipinski definition) is 5. The van der Waals surface area contributed by atoms with E-state index < -0.39 is 0 Å². The highest BCUT2D eigenvalue weighted by molar-refractivity contribution is 8.16. The van der Waals surface area contributed by atoms with Gasteiger partial charge in [-0.1, -0.05) is 19.1 Å². The number of rotatable bonds is 7. The number of carbonyl (C=O) groups excluding carboxylic acids is 2. The maximum atomic E-state index is 12.5. The highest BCUT2D eigenvalue weighted by Crippen LogP contribution is 2.43. The van der Waals surface area contributed by atoms with Gasteiger partial charge in [-0.25, -0.2) is 0 Å². The minimum absolute atomic E-state index is 0.0168. The van der Waals surface area contributed by atoms with Gasteiger partial charge in [0, 0.05) is 25.6 Å². The van der Waals surface area contributed by atoms with E-state index in [-0.39, 0.29) is 24.5 Å². The van der Waals surface area contributed by atoms with Gasteiger partial charge >= 0.3 is 0 Å². The van der Waals surface area contributed by atoms with E-state index in [1.54, 1.807) is 0 Å². The summed E-state index contributed by atoms with van der Waals surface area (Å²) >= 11 is 4.00. The van der Waals surface area contributed by atoms with E-state index in [2.05, 4.69) is 17.4 Å². The van der Waals surface area contributed by atoms with E-state index in [0.717, 1.165) is 31.6 Å². The molecule has 0 spiro atoms. The van der Waals surface area contributed by atoms with Crippen molar-refractivity contribution in [3.63, 3.8) is 0 Å². The molecule has 2 aliphatic heterocycles. The van der Waals surface area contributed by atoms with Gasteiger partial charge in [0.2, 0.25) is 5.91 Å². The van der Waals surface area contributed by atoms with Crippen molar-refractivity contribution in [1.29, 1.82) is 0 Å². The quantitative estimate of drug-likeness (QED) is 0.723. The second kappa shape index (κ2) is 11.0. The molecule has 1 unspecified atom stereocenters. The first-order valence-corrected chi connectivity index (χ1v) is 12.3. The molecule has 0 bridgehead atoms. The molecule has 2 amide bonds. The minimum Gasteiger partial charge on any atom is -0.484 e. The van der Waals surface area contributed by atoms with Crippen molar-refractivity contribution in [2.24, 2.45) is 0 Å². The summed E-state index contributed by atoms with van der Waals surface area (Å²) in [7, 11) is 0. The molecule has 0 saturated carbocycles. The average Bonchev–Trinajstić information content (AvgIpc) is 2.73. The summed E-state index contributed by atoms with van der Waals surface area (Å²) in [6.45, 7) is 3.35. The Morgan fingerprint density at radius 1 is 1.18 bits per heavy atom. The number of likely N-dealkylation sites (tertiary alicyclic amines) is 1. The van der Waals surface area contributed by atoms with E-state index in [1.165, 1.54) is 23.5 Å². The lowest BCUT2D eigenvalue weighted by Gasteiger charge is -2.33. The molecule has 3 rings (SSSR count). The number of thioether (sulfide) groups is 2. The first-order chi connectivity index (χ1) is 13.7. The van der Waals surface area contributed by atoms with Crippen LogP contribution < -0.4 is 10.1 Å². The molecule has 28 heavy (non-hydrogen) atoms. The lowest BCUT2D eigenvalue weighted by molar-refractivity contribution is -0.135. The molecule has 1 atom stereocenters. The van der Waals surface area contributed by atoms with Crippen molar-refractivity contribution in [2.45, 2.75) is 49.7 Å². The summed E-state index contributed by atoms with van der Waals surface area (Å²) in [4.78, 5) is 26.1. The normalized spacial score (nSPS) is 20.6. The molecule has 2 saturated heterocycles. The smallest absolute Gasteiger partial charge is 0.260 e. The number of nitrogens with one attached hydrogen (secondary N) is 1. The first kappa shape index (κ1) is 21.4. The van der Waals surface area contributed by atoms with Crippen LogP contribution in [0.15, 0.2) is 24.3 Å². The third kappa shape index (κ3) is 6.34. The van der Waals surface area contributed by atoms with Gasteiger partial charge in [0.25, 0.3) is 5.91 Å². The first-order valence-electron chi connectivity index (χ1n) is 10.2. The van der Waals surface area contributed by atoms with Crippen molar-refractivity contribution in [2.75, 3.05) is 31.2 Å². The maximum absolute atomic E-state index is 12.5. The zero-order chi connectivity index (χ0) is 19.8. The van der Waals surface area contributed by atoms with E-state index in [4.69, 9.17) is 4.74 Å². The second-order valence-electron chi connectivity index (χ2n) is 7.28. The van der Waals surface area contributed by atoms with Gasteiger partial charge < -0.3 is 15.0 Å². The fourth-order valence-electron chi connectivity index (χ4n) is 3.49. The van der Waals surface area contributed by atoms with E-state index in [0.29, 0.717) is 17.5 Å². The van der Waals surface area contributed by atoms with E-state index >= 15 is 0 Å². The average molecular weight is 423 g/mol. The molecule has 2 heterocycles. The number of carbonyl (C=O) groups is 2. The standard InChI is InChI=1S/C21H30N2O3S2/c1-2-5-19(24)22-17-6-3-11-23(14-17)20(25)15-26-18-9-7-16(8-10-18)21-27-12-4-13-28-21/h7-10,17,21H,2-6,11-15H2,1H3,(H,22,24). The van der Waals surface area contributed by atoms with Gasteiger partial charge in [0.15, 0.2) is 6.61 Å². The zero-order valence-corrected chi connectivity index (χ0v) is 18.2. The van der Waals surface area contributed by atoms with Crippen molar-refractivity contribution in [1.82, 2.24) is 10.2 Å². The third-order valence-corrected chi connectivity index (χ3v) is 7.97. The van der Waals surface area contributed by atoms with Gasteiger partial charge in [-0.3, -0.25) is 9.59 Å². The number of amides is 2. The fourth-order valence-corrected chi connectivity index (χ4v) is 6.38. The van der Waals surface area contributed by atoms with Crippen LogP contribution in [0.1, 0.15) is 49.2 Å². The summed E-state index contributed by atoms with van der Waals surface area (Å²) in [5, 5.41) is 3.04. The van der Waals surface area contributed by atoms with Crippen molar-refractivity contribution in [3.8, 4) is 5.75 Å². The van der Waals surface area contributed by atoms with Gasteiger partial charge in [-0.15, -0.1) is 23.5 Å². The lowest BCUT2D eigenvalue weighted by Crippen LogP contribution is -2.50. The Labute approximate surface area is 176 Å². The number of nitrogens with zero attached hydrogens (tertiary/aromatic N) is 1. The van der Waals surface area contributed by atoms with Crippen molar-refractivity contribution in [3.05, 3.63) is 29.8 Å². The van der Waals surface area contributed by atoms with Crippen molar-refractivity contribution < 1.29 is 14.3 Å². The van der Waals surface area contributed by atoms with Crippen molar-refractivity contribution >= 4 is 35.3 Å². The SMILES string of the molecule is CCCC(=O)NC1CCCN(C(=O)COc2ccc(C3SCCCS3)cc2)C1. The van der Waals surface area contributed by atoms with Crippen LogP contribution in [0.5, 0.6) is 5.75 Å². The predicted octanol–water partition coefficient (Wildman–Crippen LogP) is 3.84. The molecule has 2 fully saturated rings.